The molecule has 136 valence electrons. The van der Waals surface area contributed by atoms with Crippen molar-refractivity contribution in [2.24, 2.45) is 0 Å². The van der Waals surface area contributed by atoms with Crippen LogP contribution in [0.1, 0.15) is 23.5 Å². The van der Waals surface area contributed by atoms with E-state index in [0.29, 0.717) is 23.0 Å². The van der Waals surface area contributed by atoms with Gasteiger partial charge in [0.05, 0.1) is 18.3 Å². The number of hydrogen-bond acceptors (Lipinski definition) is 4. The minimum Gasteiger partial charge on any atom is -0.480 e. The summed E-state index contributed by atoms with van der Waals surface area (Å²) in [6, 6.07) is 8.71. The van der Waals surface area contributed by atoms with Crippen LogP contribution in [0.3, 0.4) is 0 Å². The van der Waals surface area contributed by atoms with Crippen molar-refractivity contribution in [3.8, 4) is 11.3 Å². The van der Waals surface area contributed by atoms with E-state index in [1.54, 1.807) is 22.9 Å². The maximum atomic E-state index is 12.7. The summed E-state index contributed by atoms with van der Waals surface area (Å²) in [5.41, 5.74) is 1.87. The third-order valence-electron chi connectivity index (χ3n) is 4.06. The Morgan fingerprint density at radius 2 is 2.04 bits per heavy atom. The highest BCUT2D eigenvalue weighted by Crippen LogP contribution is 2.27. The van der Waals surface area contributed by atoms with E-state index in [1.807, 2.05) is 19.1 Å². The van der Waals surface area contributed by atoms with Crippen LogP contribution in [0.5, 0.6) is 0 Å². The molecule has 3 rings (SSSR count). The molecule has 26 heavy (non-hydrogen) atoms. The quantitative estimate of drug-likeness (QED) is 0.821. The molecule has 2 N–H and O–H groups in total. The molecule has 8 nitrogen and oxygen atoms in total. The summed E-state index contributed by atoms with van der Waals surface area (Å²) < 4.78 is 1.65. The molecule has 1 aromatic heterocycles. The van der Waals surface area contributed by atoms with Crippen molar-refractivity contribution in [3.63, 3.8) is 0 Å². The van der Waals surface area contributed by atoms with Gasteiger partial charge >= 0.3 is 5.97 Å². The van der Waals surface area contributed by atoms with E-state index in [1.165, 1.54) is 4.90 Å². The fraction of sp³-hybridized carbons (Fsp3) is 0.294. The maximum absolute atomic E-state index is 12.7. The van der Waals surface area contributed by atoms with Crippen molar-refractivity contribution >= 4 is 29.4 Å². The second-order valence-electron chi connectivity index (χ2n) is 6.07. The first kappa shape index (κ1) is 17.9. The number of halogens is 1. The minimum atomic E-state index is -1.14. The maximum Gasteiger partial charge on any atom is 0.322 e. The largest absolute Gasteiger partial charge is 0.480 e. The number of hydrogen-bond donors (Lipinski definition) is 2. The molecule has 0 saturated carbocycles. The van der Waals surface area contributed by atoms with Gasteiger partial charge < -0.3 is 15.3 Å². The Bertz CT molecular complexity index is 862. The molecule has 0 bridgehead atoms. The number of fused-ring (bicyclic) bond motifs is 1. The van der Waals surface area contributed by atoms with Gasteiger partial charge in [0.1, 0.15) is 12.2 Å². The predicted molar refractivity (Wildman–Crippen MR) is 93.9 cm³/mol. The number of nitrogens with zero attached hydrogens (tertiary/aromatic N) is 3. The lowest BCUT2D eigenvalue weighted by molar-refractivity contribution is -0.138. The molecule has 0 spiro atoms. The highest BCUT2D eigenvalue weighted by atomic mass is 35.5. The number of rotatable bonds is 5. The first-order valence-electron chi connectivity index (χ1n) is 7.98. The fourth-order valence-corrected chi connectivity index (χ4v) is 2.96. The number of carbonyl (C=O) groups is 3. The highest BCUT2D eigenvalue weighted by Gasteiger charge is 2.32. The summed E-state index contributed by atoms with van der Waals surface area (Å²) in [4.78, 5) is 36.4. The molecule has 0 radical (unpaired) electrons. The van der Waals surface area contributed by atoms with Crippen molar-refractivity contribution in [1.29, 1.82) is 0 Å². The standard InChI is InChI=1S/C17H17ClN4O4/c1-10-8-21(9-15(23)19-7-16(24)25)17(26)14-6-13(20-22(10)14)11-2-4-12(18)5-3-11/h2-6,10H,7-9H2,1H3,(H,19,23)(H,24,25)/t10-/m0/s1. The number of amides is 2. The van der Waals surface area contributed by atoms with Crippen molar-refractivity contribution in [2.75, 3.05) is 19.6 Å². The molecule has 2 amide bonds. The van der Waals surface area contributed by atoms with Gasteiger partial charge in [0, 0.05) is 17.1 Å². The van der Waals surface area contributed by atoms with Gasteiger partial charge in [0.2, 0.25) is 5.91 Å². The summed E-state index contributed by atoms with van der Waals surface area (Å²) in [6.45, 7) is 1.54. The van der Waals surface area contributed by atoms with Crippen molar-refractivity contribution in [2.45, 2.75) is 13.0 Å². The lowest BCUT2D eigenvalue weighted by Gasteiger charge is -2.31. The summed E-state index contributed by atoms with van der Waals surface area (Å²) in [5.74, 6) is -1.97. The number of carboxylic acids is 1. The second kappa shape index (κ2) is 7.17. The molecule has 2 heterocycles. The Morgan fingerprint density at radius 1 is 1.35 bits per heavy atom. The van der Waals surface area contributed by atoms with Crippen molar-refractivity contribution < 1.29 is 19.5 Å². The molecule has 1 aliphatic rings. The van der Waals surface area contributed by atoms with Crippen molar-refractivity contribution in [3.05, 3.63) is 41.0 Å². The number of carboxylic acid groups (broad SMARTS) is 1. The molecule has 0 saturated heterocycles. The van der Waals surface area contributed by atoms with Crippen LogP contribution in [0.4, 0.5) is 0 Å². The lowest BCUT2D eigenvalue weighted by Crippen LogP contribution is -2.47. The Balaban J connectivity index is 1.79. The molecule has 1 aliphatic heterocycles. The predicted octanol–water partition coefficient (Wildman–Crippen LogP) is 1.42. The van der Waals surface area contributed by atoms with Crippen LogP contribution in [-0.4, -0.2) is 57.2 Å². The van der Waals surface area contributed by atoms with E-state index < -0.39 is 18.4 Å². The van der Waals surface area contributed by atoms with Gasteiger partial charge in [0.15, 0.2) is 0 Å². The number of benzene rings is 1. The van der Waals surface area contributed by atoms with Gasteiger partial charge in [-0.2, -0.15) is 5.10 Å². The molecular weight excluding hydrogens is 360 g/mol. The average Bonchev–Trinajstić information content (AvgIpc) is 3.04. The zero-order chi connectivity index (χ0) is 18.8. The molecule has 2 aromatic rings. The number of aromatic nitrogens is 2. The van der Waals surface area contributed by atoms with Crippen molar-refractivity contribution in [1.82, 2.24) is 20.0 Å². The smallest absolute Gasteiger partial charge is 0.322 e. The van der Waals surface area contributed by atoms with Gasteiger partial charge in [-0.25, -0.2) is 0 Å². The van der Waals surface area contributed by atoms with E-state index in [4.69, 9.17) is 16.7 Å². The fourth-order valence-electron chi connectivity index (χ4n) is 2.83. The van der Waals surface area contributed by atoms with E-state index in [9.17, 15) is 14.4 Å². The van der Waals surface area contributed by atoms with Crippen LogP contribution in [0.15, 0.2) is 30.3 Å². The first-order valence-corrected chi connectivity index (χ1v) is 8.36. The molecule has 0 fully saturated rings. The third-order valence-corrected chi connectivity index (χ3v) is 4.31. The SMILES string of the molecule is C[C@H]1CN(CC(=O)NCC(=O)O)C(=O)c2cc(-c3ccc(Cl)cc3)nn21. The summed E-state index contributed by atoms with van der Waals surface area (Å²) in [6.07, 6.45) is 0. The monoisotopic (exact) mass is 376 g/mol. The van der Waals surface area contributed by atoms with Crippen LogP contribution in [0.25, 0.3) is 11.3 Å². The van der Waals surface area contributed by atoms with E-state index in [2.05, 4.69) is 10.4 Å². The Kier molecular flexibility index (Phi) is 4.94. The average molecular weight is 377 g/mol. The Hall–Kier alpha value is -2.87. The third kappa shape index (κ3) is 3.70. The van der Waals surface area contributed by atoms with Crippen LogP contribution in [0, 0.1) is 0 Å². The van der Waals surface area contributed by atoms with Gasteiger partial charge in [0.25, 0.3) is 5.91 Å². The number of carbonyl (C=O) groups excluding carboxylic acids is 2. The zero-order valence-corrected chi connectivity index (χ0v) is 14.7. The summed E-state index contributed by atoms with van der Waals surface area (Å²) in [5, 5.41) is 16.0. The molecule has 0 aliphatic carbocycles. The van der Waals surface area contributed by atoms with Gasteiger partial charge in [-0.15, -0.1) is 0 Å². The summed E-state index contributed by atoms with van der Waals surface area (Å²) >= 11 is 5.90. The normalized spacial score (nSPS) is 16.3. The number of nitrogens with one attached hydrogen (secondary N) is 1. The van der Waals surface area contributed by atoms with Gasteiger partial charge in [-0.1, -0.05) is 23.7 Å². The van der Waals surface area contributed by atoms with E-state index in [0.717, 1.165) is 5.56 Å². The van der Waals surface area contributed by atoms with Crippen LogP contribution in [0.2, 0.25) is 5.02 Å². The zero-order valence-electron chi connectivity index (χ0n) is 14.0. The van der Waals surface area contributed by atoms with Crippen LogP contribution >= 0.6 is 11.6 Å². The van der Waals surface area contributed by atoms with Crippen LogP contribution < -0.4 is 5.32 Å². The molecule has 0 unspecified atom stereocenters. The second-order valence-corrected chi connectivity index (χ2v) is 6.51. The van der Waals surface area contributed by atoms with Gasteiger partial charge in [-0.05, 0) is 25.1 Å². The molecule has 1 atom stereocenters. The first-order chi connectivity index (χ1) is 12.3. The molecule has 1 aromatic carbocycles. The highest BCUT2D eigenvalue weighted by molar-refractivity contribution is 6.30. The van der Waals surface area contributed by atoms with E-state index >= 15 is 0 Å². The lowest BCUT2D eigenvalue weighted by atomic mass is 10.1. The minimum absolute atomic E-state index is 0.115. The Morgan fingerprint density at radius 3 is 2.69 bits per heavy atom. The molecular formula is C17H17ClN4O4. The van der Waals surface area contributed by atoms with E-state index in [-0.39, 0.29) is 18.5 Å². The Labute approximate surface area is 154 Å². The molecule has 9 heteroatoms. The topological polar surface area (TPSA) is 105 Å². The number of aliphatic carboxylic acids is 1. The summed E-state index contributed by atoms with van der Waals surface area (Å²) in [7, 11) is 0. The van der Waals surface area contributed by atoms with Crippen LogP contribution in [-0.2, 0) is 9.59 Å². The van der Waals surface area contributed by atoms with Gasteiger partial charge in [-0.3, -0.25) is 19.1 Å².